The Balaban J connectivity index is 1.72. The van der Waals surface area contributed by atoms with E-state index in [4.69, 9.17) is 9.15 Å². The maximum absolute atomic E-state index is 11.2. The van der Waals surface area contributed by atoms with Gasteiger partial charge in [0.15, 0.2) is 5.76 Å². The summed E-state index contributed by atoms with van der Waals surface area (Å²) in [5.41, 5.74) is 0.913. The van der Waals surface area contributed by atoms with Gasteiger partial charge in [0.2, 0.25) is 5.89 Å². The van der Waals surface area contributed by atoms with Gasteiger partial charge >= 0.3 is 5.97 Å². The number of aromatic nitrogens is 1. The van der Waals surface area contributed by atoms with Crippen LogP contribution in [-0.4, -0.2) is 40.7 Å². The summed E-state index contributed by atoms with van der Waals surface area (Å²) < 4.78 is 10.9. The molecule has 1 fully saturated rings. The van der Waals surface area contributed by atoms with Crippen LogP contribution in [0.1, 0.15) is 18.7 Å². The molecule has 2 heterocycles. The largest absolute Gasteiger partial charge is 0.497 e. The third-order valence-corrected chi connectivity index (χ3v) is 3.92. The molecule has 0 spiro atoms. The Hall–Kier alpha value is -2.34. The highest BCUT2D eigenvalue weighted by Crippen LogP contribution is 2.25. The van der Waals surface area contributed by atoms with E-state index in [1.807, 2.05) is 29.2 Å². The standard InChI is InChI=1S/C16H18N2O4/c1-21-12-6-4-11(5-7-12)14-9-17-15(22-14)10-18-8-2-3-13(18)16(19)20/h4-7,9,13H,2-3,8,10H2,1H3,(H,19,20)/t13-/m0/s1. The molecule has 0 saturated carbocycles. The molecule has 2 aromatic rings. The van der Waals surface area contributed by atoms with Crippen molar-refractivity contribution >= 4 is 5.97 Å². The van der Waals surface area contributed by atoms with Gasteiger partial charge < -0.3 is 14.3 Å². The first-order chi connectivity index (χ1) is 10.7. The molecule has 1 aromatic heterocycles. The number of carboxylic acid groups (broad SMARTS) is 1. The average molecular weight is 302 g/mol. The van der Waals surface area contributed by atoms with Gasteiger partial charge in [0.1, 0.15) is 11.8 Å². The first-order valence-corrected chi connectivity index (χ1v) is 7.23. The Morgan fingerprint density at radius 1 is 1.45 bits per heavy atom. The molecule has 1 aromatic carbocycles. The molecule has 1 N–H and O–H groups in total. The third-order valence-electron chi connectivity index (χ3n) is 3.92. The van der Waals surface area contributed by atoms with Gasteiger partial charge in [-0.25, -0.2) is 4.98 Å². The zero-order chi connectivity index (χ0) is 15.5. The van der Waals surface area contributed by atoms with Crippen LogP contribution in [0.25, 0.3) is 11.3 Å². The van der Waals surface area contributed by atoms with Crippen LogP contribution in [0.3, 0.4) is 0 Å². The van der Waals surface area contributed by atoms with E-state index in [1.165, 1.54) is 0 Å². The molecule has 3 rings (SSSR count). The molecule has 22 heavy (non-hydrogen) atoms. The summed E-state index contributed by atoms with van der Waals surface area (Å²) in [4.78, 5) is 17.3. The van der Waals surface area contributed by atoms with Crippen LogP contribution in [0, 0.1) is 0 Å². The molecule has 1 aliphatic rings. The summed E-state index contributed by atoms with van der Waals surface area (Å²) in [6, 6.07) is 7.09. The van der Waals surface area contributed by atoms with Crippen molar-refractivity contribution < 1.29 is 19.1 Å². The quantitative estimate of drug-likeness (QED) is 0.914. The van der Waals surface area contributed by atoms with Crippen molar-refractivity contribution in [2.75, 3.05) is 13.7 Å². The van der Waals surface area contributed by atoms with E-state index >= 15 is 0 Å². The number of oxazole rings is 1. The fourth-order valence-electron chi connectivity index (χ4n) is 2.74. The number of hydrogen-bond acceptors (Lipinski definition) is 5. The Kier molecular flexibility index (Phi) is 4.11. The number of nitrogens with zero attached hydrogens (tertiary/aromatic N) is 2. The Labute approximate surface area is 128 Å². The first kappa shape index (κ1) is 14.6. The minimum atomic E-state index is -0.778. The second-order valence-corrected chi connectivity index (χ2v) is 5.31. The number of benzene rings is 1. The molecule has 116 valence electrons. The molecular weight excluding hydrogens is 284 g/mol. The number of rotatable bonds is 5. The van der Waals surface area contributed by atoms with Crippen LogP contribution in [0.15, 0.2) is 34.9 Å². The van der Waals surface area contributed by atoms with Crippen molar-refractivity contribution in [2.45, 2.75) is 25.4 Å². The third kappa shape index (κ3) is 2.96. The molecule has 6 heteroatoms. The monoisotopic (exact) mass is 302 g/mol. The number of ether oxygens (including phenoxy) is 1. The van der Waals surface area contributed by atoms with Gasteiger partial charge in [-0.05, 0) is 43.7 Å². The fourth-order valence-corrected chi connectivity index (χ4v) is 2.74. The molecule has 1 aliphatic heterocycles. The number of carbonyl (C=O) groups is 1. The lowest BCUT2D eigenvalue weighted by Gasteiger charge is -2.18. The van der Waals surface area contributed by atoms with Gasteiger partial charge in [0.25, 0.3) is 0 Å². The second kappa shape index (κ2) is 6.19. The molecule has 0 unspecified atom stereocenters. The molecule has 0 amide bonds. The summed E-state index contributed by atoms with van der Waals surface area (Å²) in [5.74, 6) is 1.21. The fraction of sp³-hybridized carbons (Fsp3) is 0.375. The number of aliphatic carboxylic acids is 1. The van der Waals surface area contributed by atoms with Crippen molar-refractivity contribution in [1.29, 1.82) is 0 Å². The zero-order valence-electron chi connectivity index (χ0n) is 12.4. The number of hydrogen-bond donors (Lipinski definition) is 1. The minimum absolute atomic E-state index is 0.424. The summed E-state index contributed by atoms with van der Waals surface area (Å²) in [7, 11) is 1.62. The van der Waals surface area contributed by atoms with Crippen LogP contribution in [0.5, 0.6) is 5.75 Å². The number of carboxylic acids is 1. The van der Waals surface area contributed by atoms with Gasteiger partial charge in [-0.1, -0.05) is 0 Å². The molecular formula is C16H18N2O4. The van der Waals surface area contributed by atoms with Crippen LogP contribution in [-0.2, 0) is 11.3 Å². The Morgan fingerprint density at radius 2 is 2.23 bits per heavy atom. The zero-order valence-corrected chi connectivity index (χ0v) is 12.4. The lowest BCUT2D eigenvalue weighted by molar-refractivity contribution is -0.142. The van der Waals surface area contributed by atoms with Gasteiger partial charge in [0.05, 0.1) is 19.9 Å². The summed E-state index contributed by atoms with van der Waals surface area (Å²) in [6.45, 7) is 1.18. The SMILES string of the molecule is COc1ccc(-c2cnc(CN3CCC[C@H]3C(=O)O)o2)cc1. The van der Waals surface area contributed by atoms with Crippen molar-refractivity contribution in [2.24, 2.45) is 0 Å². The van der Waals surface area contributed by atoms with Crippen LogP contribution in [0.4, 0.5) is 0 Å². The van der Waals surface area contributed by atoms with E-state index in [1.54, 1.807) is 13.3 Å². The molecule has 1 atom stereocenters. The second-order valence-electron chi connectivity index (χ2n) is 5.31. The highest BCUT2D eigenvalue weighted by atomic mass is 16.5. The van der Waals surface area contributed by atoms with Crippen molar-refractivity contribution in [3.63, 3.8) is 0 Å². The summed E-state index contributed by atoms with van der Waals surface area (Å²) in [6.07, 6.45) is 3.24. The van der Waals surface area contributed by atoms with Crippen LogP contribution >= 0.6 is 0 Å². The maximum Gasteiger partial charge on any atom is 0.320 e. The molecule has 0 radical (unpaired) electrons. The predicted octanol–water partition coefficient (Wildman–Crippen LogP) is 2.40. The van der Waals surface area contributed by atoms with E-state index in [0.29, 0.717) is 24.6 Å². The van der Waals surface area contributed by atoms with E-state index in [2.05, 4.69) is 4.98 Å². The Morgan fingerprint density at radius 3 is 2.91 bits per heavy atom. The summed E-state index contributed by atoms with van der Waals surface area (Å²) >= 11 is 0. The highest BCUT2D eigenvalue weighted by Gasteiger charge is 2.31. The molecule has 6 nitrogen and oxygen atoms in total. The highest BCUT2D eigenvalue weighted by molar-refractivity contribution is 5.73. The topological polar surface area (TPSA) is 75.8 Å². The smallest absolute Gasteiger partial charge is 0.320 e. The van der Waals surface area contributed by atoms with E-state index in [9.17, 15) is 9.90 Å². The van der Waals surface area contributed by atoms with Gasteiger partial charge in [-0.2, -0.15) is 0 Å². The number of methoxy groups -OCH3 is 1. The first-order valence-electron chi connectivity index (χ1n) is 7.23. The summed E-state index contributed by atoms with van der Waals surface area (Å²) in [5, 5.41) is 9.19. The molecule has 0 bridgehead atoms. The predicted molar refractivity (Wildman–Crippen MR) is 79.6 cm³/mol. The molecule has 1 saturated heterocycles. The van der Waals surface area contributed by atoms with Gasteiger partial charge in [0, 0.05) is 5.56 Å². The van der Waals surface area contributed by atoms with Crippen molar-refractivity contribution in [3.8, 4) is 17.1 Å². The van der Waals surface area contributed by atoms with E-state index in [0.717, 1.165) is 24.3 Å². The van der Waals surface area contributed by atoms with E-state index in [-0.39, 0.29) is 0 Å². The van der Waals surface area contributed by atoms with E-state index < -0.39 is 12.0 Å². The normalized spacial score (nSPS) is 18.5. The van der Waals surface area contributed by atoms with Crippen molar-refractivity contribution in [1.82, 2.24) is 9.88 Å². The molecule has 0 aliphatic carbocycles. The minimum Gasteiger partial charge on any atom is -0.497 e. The lowest BCUT2D eigenvalue weighted by atomic mass is 10.2. The van der Waals surface area contributed by atoms with Gasteiger partial charge in [-0.3, -0.25) is 9.69 Å². The Bertz CT molecular complexity index is 650. The lowest BCUT2D eigenvalue weighted by Crippen LogP contribution is -2.35. The number of likely N-dealkylation sites (tertiary alicyclic amines) is 1. The average Bonchev–Trinajstić information content (AvgIpc) is 3.17. The van der Waals surface area contributed by atoms with Crippen molar-refractivity contribution in [3.05, 3.63) is 36.4 Å². The maximum atomic E-state index is 11.2. The van der Waals surface area contributed by atoms with Crippen LogP contribution < -0.4 is 4.74 Å². The van der Waals surface area contributed by atoms with Gasteiger partial charge in [-0.15, -0.1) is 0 Å². The van der Waals surface area contributed by atoms with Crippen LogP contribution in [0.2, 0.25) is 0 Å².